The molecular weight excluding hydrogens is 236 g/mol. The average Bonchev–Trinajstić information content (AvgIpc) is 2.14. The zero-order valence-electron chi connectivity index (χ0n) is 11.2. The Labute approximate surface area is 108 Å². The first kappa shape index (κ1) is 14.2. The molecule has 0 saturated heterocycles. The molecule has 0 aliphatic carbocycles. The normalized spacial score (nSPS) is 11.9. The molecule has 0 aliphatic heterocycles. The smallest absolute Gasteiger partial charge is 0.137 e. The largest absolute Gasteiger partial charge is 0.369 e. The Morgan fingerprint density at radius 2 is 1.94 bits per heavy atom. The number of hydrogen-bond donors (Lipinski definition) is 1. The third-order valence-electron chi connectivity index (χ3n) is 2.23. The van der Waals surface area contributed by atoms with Gasteiger partial charge in [-0.2, -0.15) is 0 Å². The molecule has 96 valence electrons. The van der Waals surface area contributed by atoms with E-state index in [9.17, 15) is 0 Å². The second-order valence-corrected chi connectivity index (χ2v) is 5.77. The molecule has 1 aromatic rings. The van der Waals surface area contributed by atoms with Crippen molar-refractivity contribution in [1.82, 2.24) is 14.9 Å². The first-order valence-corrected chi connectivity index (χ1v) is 6.10. The predicted molar refractivity (Wildman–Crippen MR) is 72.8 cm³/mol. The molecule has 0 aromatic carbocycles. The Morgan fingerprint density at radius 1 is 1.29 bits per heavy atom. The van der Waals surface area contributed by atoms with Gasteiger partial charge in [0.15, 0.2) is 0 Å². The topological polar surface area (TPSA) is 41.0 Å². The number of hydrogen-bond acceptors (Lipinski definition) is 4. The Balaban J connectivity index is 2.76. The Bertz CT molecular complexity index is 371. The van der Waals surface area contributed by atoms with Gasteiger partial charge < -0.3 is 10.2 Å². The quantitative estimate of drug-likeness (QED) is 0.840. The van der Waals surface area contributed by atoms with Gasteiger partial charge in [0, 0.05) is 24.6 Å². The summed E-state index contributed by atoms with van der Waals surface area (Å²) in [6.07, 6.45) is 0. The lowest BCUT2D eigenvalue weighted by molar-refractivity contribution is 0.425. The van der Waals surface area contributed by atoms with E-state index in [1.807, 2.05) is 14.1 Å². The van der Waals surface area contributed by atoms with E-state index in [2.05, 4.69) is 41.0 Å². The van der Waals surface area contributed by atoms with Crippen LogP contribution in [0.4, 0.5) is 5.82 Å². The lowest BCUT2D eigenvalue weighted by Gasteiger charge is -2.18. The van der Waals surface area contributed by atoms with Crippen LogP contribution >= 0.6 is 11.6 Å². The molecule has 5 heteroatoms. The van der Waals surface area contributed by atoms with Crippen LogP contribution in [0.5, 0.6) is 0 Å². The van der Waals surface area contributed by atoms with Crippen LogP contribution in [0.15, 0.2) is 6.07 Å². The number of nitrogens with zero attached hydrogens (tertiary/aromatic N) is 3. The molecule has 0 amide bonds. The third-order valence-corrected chi connectivity index (χ3v) is 2.42. The van der Waals surface area contributed by atoms with Gasteiger partial charge >= 0.3 is 0 Å². The zero-order valence-corrected chi connectivity index (χ0v) is 12.0. The highest BCUT2D eigenvalue weighted by Crippen LogP contribution is 2.21. The van der Waals surface area contributed by atoms with Gasteiger partial charge in [-0.1, -0.05) is 32.4 Å². The van der Waals surface area contributed by atoms with Gasteiger partial charge in [0.2, 0.25) is 0 Å². The fraction of sp³-hybridized carbons (Fsp3) is 0.667. The molecule has 4 nitrogen and oxygen atoms in total. The fourth-order valence-corrected chi connectivity index (χ4v) is 1.43. The van der Waals surface area contributed by atoms with Crippen LogP contribution in [-0.2, 0) is 5.41 Å². The van der Waals surface area contributed by atoms with Crippen molar-refractivity contribution in [2.45, 2.75) is 26.2 Å². The molecule has 0 unspecified atom stereocenters. The minimum Gasteiger partial charge on any atom is -0.369 e. The van der Waals surface area contributed by atoms with Crippen molar-refractivity contribution in [3.8, 4) is 0 Å². The van der Waals surface area contributed by atoms with Crippen molar-refractivity contribution in [3.05, 3.63) is 17.0 Å². The SMILES string of the molecule is CN(C)CCNc1cc(Cl)nc(C(C)(C)C)n1. The monoisotopic (exact) mass is 256 g/mol. The van der Waals surface area contributed by atoms with E-state index in [4.69, 9.17) is 11.6 Å². The van der Waals surface area contributed by atoms with E-state index in [0.717, 1.165) is 24.7 Å². The maximum absolute atomic E-state index is 6.00. The first-order valence-electron chi connectivity index (χ1n) is 5.72. The molecular formula is C12H21ClN4. The summed E-state index contributed by atoms with van der Waals surface area (Å²) in [5.74, 6) is 1.55. The molecule has 0 fully saturated rings. The van der Waals surface area contributed by atoms with Gasteiger partial charge in [0.1, 0.15) is 16.8 Å². The molecule has 0 spiro atoms. The molecule has 0 bridgehead atoms. The highest BCUT2D eigenvalue weighted by Gasteiger charge is 2.18. The number of likely N-dealkylation sites (N-methyl/N-ethyl adjacent to an activating group) is 1. The minimum absolute atomic E-state index is 0.0944. The summed E-state index contributed by atoms with van der Waals surface area (Å²) in [6, 6.07) is 1.76. The highest BCUT2D eigenvalue weighted by molar-refractivity contribution is 6.29. The summed E-state index contributed by atoms with van der Waals surface area (Å²) >= 11 is 6.00. The van der Waals surface area contributed by atoms with Gasteiger partial charge in [-0.15, -0.1) is 0 Å². The third kappa shape index (κ3) is 4.88. The second-order valence-electron chi connectivity index (χ2n) is 5.38. The number of halogens is 1. The van der Waals surface area contributed by atoms with E-state index in [1.54, 1.807) is 6.07 Å². The zero-order chi connectivity index (χ0) is 13.1. The van der Waals surface area contributed by atoms with Gasteiger partial charge in [0.05, 0.1) is 0 Å². The van der Waals surface area contributed by atoms with E-state index < -0.39 is 0 Å². The molecule has 0 saturated carbocycles. The van der Waals surface area contributed by atoms with E-state index in [1.165, 1.54) is 0 Å². The number of nitrogens with one attached hydrogen (secondary N) is 1. The Kier molecular flexibility index (Phi) is 4.71. The van der Waals surface area contributed by atoms with E-state index in [-0.39, 0.29) is 5.41 Å². The summed E-state index contributed by atoms with van der Waals surface area (Å²) in [4.78, 5) is 10.8. The molecule has 0 aliphatic rings. The maximum Gasteiger partial charge on any atom is 0.137 e. The van der Waals surface area contributed by atoms with Crippen LogP contribution in [0.2, 0.25) is 5.15 Å². The summed E-state index contributed by atoms with van der Waals surface area (Å²) in [7, 11) is 4.07. The van der Waals surface area contributed by atoms with Crippen LogP contribution in [0.25, 0.3) is 0 Å². The second kappa shape index (κ2) is 5.65. The number of aromatic nitrogens is 2. The van der Waals surface area contributed by atoms with Crippen LogP contribution in [0, 0.1) is 0 Å². The lowest BCUT2D eigenvalue weighted by Crippen LogP contribution is -2.22. The van der Waals surface area contributed by atoms with Crippen LogP contribution in [-0.4, -0.2) is 42.1 Å². The predicted octanol–water partition coefficient (Wildman–Crippen LogP) is 2.40. The summed E-state index contributed by atoms with van der Waals surface area (Å²) < 4.78 is 0. The lowest BCUT2D eigenvalue weighted by atomic mass is 9.96. The first-order chi connectivity index (χ1) is 7.79. The number of anilines is 1. The fourth-order valence-electron chi connectivity index (χ4n) is 1.25. The van der Waals surface area contributed by atoms with Crippen molar-refractivity contribution in [3.63, 3.8) is 0 Å². The minimum atomic E-state index is -0.0944. The van der Waals surface area contributed by atoms with Crippen molar-refractivity contribution in [2.75, 3.05) is 32.5 Å². The molecule has 1 rings (SSSR count). The van der Waals surface area contributed by atoms with Crippen LogP contribution < -0.4 is 5.32 Å². The summed E-state index contributed by atoms with van der Waals surface area (Å²) in [5, 5.41) is 3.74. The number of rotatable bonds is 4. The Hall–Kier alpha value is -0.870. The highest BCUT2D eigenvalue weighted by atomic mass is 35.5. The van der Waals surface area contributed by atoms with E-state index >= 15 is 0 Å². The van der Waals surface area contributed by atoms with Gasteiger partial charge in [0.25, 0.3) is 0 Å². The van der Waals surface area contributed by atoms with Gasteiger partial charge in [-0.05, 0) is 14.1 Å². The standard InChI is InChI=1S/C12H21ClN4/c1-12(2,3)11-15-9(13)8-10(16-11)14-6-7-17(4)5/h8H,6-7H2,1-5H3,(H,14,15,16). The molecule has 1 aromatic heterocycles. The van der Waals surface area contributed by atoms with E-state index in [0.29, 0.717) is 5.15 Å². The van der Waals surface area contributed by atoms with Gasteiger partial charge in [-0.3, -0.25) is 0 Å². The molecule has 1 heterocycles. The summed E-state index contributed by atoms with van der Waals surface area (Å²) in [6.45, 7) is 8.00. The van der Waals surface area contributed by atoms with Crippen LogP contribution in [0.1, 0.15) is 26.6 Å². The van der Waals surface area contributed by atoms with Crippen molar-refractivity contribution in [1.29, 1.82) is 0 Å². The van der Waals surface area contributed by atoms with Crippen LogP contribution in [0.3, 0.4) is 0 Å². The molecule has 1 N–H and O–H groups in total. The molecule has 0 radical (unpaired) electrons. The summed E-state index contributed by atoms with van der Waals surface area (Å²) in [5.41, 5.74) is -0.0944. The molecule has 17 heavy (non-hydrogen) atoms. The Morgan fingerprint density at radius 3 is 2.47 bits per heavy atom. The molecule has 0 atom stereocenters. The van der Waals surface area contributed by atoms with Crippen molar-refractivity contribution < 1.29 is 0 Å². The van der Waals surface area contributed by atoms with Crippen molar-refractivity contribution in [2.24, 2.45) is 0 Å². The van der Waals surface area contributed by atoms with Crippen molar-refractivity contribution >= 4 is 17.4 Å². The average molecular weight is 257 g/mol. The van der Waals surface area contributed by atoms with Gasteiger partial charge in [-0.25, -0.2) is 9.97 Å². The maximum atomic E-state index is 6.00.